The lowest BCUT2D eigenvalue weighted by atomic mass is 9.87. The van der Waals surface area contributed by atoms with Crippen LogP contribution in [-0.2, 0) is 36.8 Å². The maximum Gasteiger partial charge on any atom is 0.407 e. The fraction of sp³-hybridized carbons (Fsp3) is 0.667. The van der Waals surface area contributed by atoms with E-state index in [1.54, 1.807) is 0 Å². The Labute approximate surface area is 289 Å². The summed E-state index contributed by atoms with van der Waals surface area (Å²) in [5.41, 5.74) is 7.53. The Balaban J connectivity index is 1.56. The van der Waals surface area contributed by atoms with Gasteiger partial charge in [-0.1, -0.05) is 64.8 Å². The number of rotatable bonds is 15. The van der Waals surface area contributed by atoms with E-state index in [0.29, 0.717) is 32.2 Å². The number of benzene rings is 1. The van der Waals surface area contributed by atoms with Crippen LogP contribution < -0.4 is 27.0 Å². The van der Waals surface area contributed by atoms with Crippen molar-refractivity contribution in [3.8, 4) is 0 Å². The highest BCUT2D eigenvalue weighted by Crippen LogP contribution is 2.36. The minimum atomic E-state index is -1.10. The molecule has 0 radical (unpaired) electrons. The van der Waals surface area contributed by atoms with Crippen LogP contribution in [0.4, 0.5) is 9.59 Å². The number of carbonyl (C=O) groups excluding carboxylic acids is 6. The first-order valence-electron chi connectivity index (χ1n) is 17.7. The van der Waals surface area contributed by atoms with E-state index >= 15 is 0 Å². The number of primary amides is 1. The van der Waals surface area contributed by atoms with Crippen LogP contribution in [0.25, 0.3) is 0 Å². The van der Waals surface area contributed by atoms with Gasteiger partial charge in [0.2, 0.25) is 17.6 Å². The summed E-state index contributed by atoms with van der Waals surface area (Å²) in [5, 5.41) is 11.3. The minimum absolute atomic E-state index is 0.0346. The van der Waals surface area contributed by atoms with Gasteiger partial charge < -0.3 is 36.6 Å². The third-order valence-electron chi connectivity index (χ3n) is 10.0. The molecule has 13 heteroatoms. The van der Waals surface area contributed by atoms with Crippen LogP contribution in [0.5, 0.6) is 0 Å². The smallest absolute Gasteiger partial charge is 0.407 e. The molecule has 6 amide bonds. The quantitative estimate of drug-likeness (QED) is 0.176. The van der Waals surface area contributed by atoms with E-state index in [2.05, 4.69) is 21.3 Å². The third kappa shape index (κ3) is 9.95. The number of likely N-dealkylation sites (tertiary alicyclic amines) is 1. The predicted octanol–water partition coefficient (Wildman–Crippen LogP) is 2.44. The predicted molar refractivity (Wildman–Crippen MR) is 183 cm³/mol. The number of nitrogens with two attached hydrogens (primary N) is 1. The molecule has 3 aliphatic rings. The molecule has 1 heterocycles. The van der Waals surface area contributed by atoms with Crippen LogP contribution in [-0.4, -0.2) is 83.9 Å². The normalized spacial score (nSPS) is 20.8. The average Bonchev–Trinajstić information content (AvgIpc) is 3.56. The van der Waals surface area contributed by atoms with E-state index in [1.807, 2.05) is 65.8 Å². The number of fused-ring (bicyclic) bond motifs is 1. The molecule has 5 unspecified atom stereocenters. The van der Waals surface area contributed by atoms with E-state index in [1.165, 1.54) is 4.90 Å². The first kappa shape index (κ1) is 37.7. The van der Waals surface area contributed by atoms with Crippen LogP contribution in [0.3, 0.4) is 0 Å². The van der Waals surface area contributed by atoms with Crippen molar-refractivity contribution >= 4 is 35.6 Å². The topological polar surface area (TPSA) is 189 Å². The molecule has 0 spiro atoms. The number of hydrogen-bond acceptors (Lipinski definition) is 7. The maximum absolute atomic E-state index is 14.6. The van der Waals surface area contributed by atoms with Crippen molar-refractivity contribution in [3.05, 3.63) is 35.4 Å². The van der Waals surface area contributed by atoms with Gasteiger partial charge in [0.15, 0.2) is 0 Å². The number of nitrogens with zero attached hydrogens (tertiary/aromatic N) is 1. The van der Waals surface area contributed by atoms with Gasteiger partial charge in [0.05, 0.1) is 12.1 Å². The van der Waals surface area contributed by atoms with Crippen molar-refractivity contribution in [1.29, 1.82) is 0 Å². The average molecular weight is 683 g/mol. The number of ketones is 1. The van der Waals surface area contributed by atoms with Crippen molar-refractivity contribution in [2.75, 3.05) is 13.2 Å². The second kappa shape index (κ2) is 16.5. The summed E-state index contributed by atoms with van der Waals surface area (Å²) in [6.07, 6.45) is 3.25. The fourth-order valence-corrected chi connectivity index (χ4v) is 7.03. The van der Waals surface area contributed by atoms with Gasteiger partial charge in [-0.3, -0.25) is 19.2 Å². The van der Waals surface area contributed by atoms with Crippen molar-refractivity contribution in [1.82, 2.24) is 26.2 Å². The van der Waals surface area contributed by atoms with Gasteiger partial charge in [0.1, 0.15) is 18.7 Å². The van der Waals surface area contributed by atoms with Crippen molar-refractivity contribution in [2.24, 2.45) is 35.3 Å². The molecule has 1 aromatic carbocycles. The molecule has 0 aromatic heterocycles. The molecule has 1 saturated carbocycles. The Morgan fingerprint density at radius 1 is 0.878 bits per heavy atom. The van der Waals surface area contributed by atoms with Gasteiger partial charge in [-0.25, -0.2) is 9.59 Å². The number of hydrogen-bond donors (Lipinski definition) is 5. The number of ether oxygens (including phenoxy) is 1. The van der Waals surface area contributed by atoms with E-state index in [4.69, 9.17) is 10.5 Å². The summed E-state index contributed by atoms with van der Waals surface area (Å²) in [6.45, 7) is 11.6. The molecule has 49 heavy (non-hydrogen) atoms. The standard InChI is InChI=1S/C36H54N6O7/c1-19(2)26-13-14-42(30(26)33(45)39-27(15-22-11-12-22)31(43)32(37)44)34(46)29(25-16-23-9-7-8-10-24(23)17-25)41-35(47)40-28(20(3)4)18-49-36(48)38-21(5)6/h7-10,19-22,25-30H,11-18H2,1-6H3,(H2,37,44)(H,38,48)(H,39,45)(H2,40,41,47). The maximum atomic E-state index is 14.6. The number of alkyl carbamates (subject to hydrolysis) is 1. The molecule has 2 aliphatic carbocycles. The minimum Gasteiger partial charge on any atom is -0.447 e. The molecule has 6 N–H and O–H groups in total. The van der Waals surface area contributed by atoms with E-state index in [0.717, 1.165) is 24.0 Å². The van der Waals surface area contributed by atoms with Crippen LogP contribution in [0.15, 0.2) is 24.3 Å². The van der Waals surface area contributed by atoms with Gasteiger partial charge in [0, 0.05) is 12.6 Å². The van der Waals surface area contributed by atoms with Gasteiger partial charge in [-0.2, -0.15) is 0 Å². The van der Waals surface area contributed by atoms with E-state index in [9.17, 15) is 28.8 Å². The molecule has 1 aromatic rings. The number of Topliss-reactive ketones (excluding diaryl/α,β-unsaturated/α-hetero) is 1. The summed E-state index contributed by atoms with van der Waals surface area (Å²) in [7, 11) is 0. The van der Waals surface area contributed by atoms with E-state index < -0.39 is 53.9 Å². The molecule has 13 nitrogen and oxygen atoms in total. The van der Waals surface area contributed by atoms with Crippen LogP contribution >= 0.6 is 0 Å². The summed E-state index contributed by atoms with van der Waals surface area (Å²) in [4.78, 5) is 80.5. The summed E-state index contributed by atoms with van der Waals surface area (Å²) >= 11 is 0. The first-order valence-corrected chi connectivity index (χ1v) is 17.7. The number of carbonyl (C=O) groups is 6. The lowest BCUT2D eigenvalue weighted by Crippen LogP contribution is -2.60. The highest BCUT2D eigenvalue weighted by Gasteiger charge is 2.48. The Morgan fingerprint density at radius 3 is 2.04 bits per heavy atom. The molecule has 1 saturated heterocycles. The van der Waals surface area contributed by atoms with E-state index in [-0.39, 0.29) is 48.1 Å². The number of urea groups is 1. The largest absolute Gasteiger partial charge is 0.447 e. The zero-order valence-corrected chi connectivity index (χ0v) is 29.6. The lowest BCUT2D eigenvalue weighted by molar-refractivity contribution is -0.143. The second-order valence-corrected chi connectivity index (χ2v) is 14.9. The molecular formula is C36H54N6O7. The molecule has 4 rings (SSSR count). The highest BCUT2D eigenvalue weighted by molar-refractivity contribution is 6.37. The third-order valence-corrected chi connectivity index (χ3v) is 10.0. The van der Waals surface area contributed by atoms with Gasteiger partial charge in [-0.15, -0.1) is 0 Å². The van der Waals surface area contributed by atoms with Crippen molar-refractivity contribution in [3.63, 3.8) is 0 Å². The first-order chi connectivity index (χ1) is 23.2. The lowest BCUT2D eigenvalue weighted by Gasteiger charge is -2.34. The zero-order valence-electron chi connectivity index (χ0n) is 29.6. The summed E-state index contributed by atoms with van der Waals surface area (Å²) in [6, 6.07) is 3.77. The van der Waals surface area contributed by atoms with Crippen molar-refractivity contribution in [2.45, 2.75) is 110 Å². The van der Waals surface area contributed by atoms with Crippen LogP contribution in [0.1, 0.15) is 78.4 Å². The zero-order chi connectivity index (χ0) is 36.0. The van der Waals surface area contributed by atoms with Gasteiger partial charge >= 0.3 is 12.1 Å². The molecule has 2 fully saturated rings. The molecular weight excluding hydrogens is 628 g/mol. The second-order valence-electron chi connectivity index (χ2n) is 14.9. The highest BCUT2D eigenvalue weighted by atomic mass is 16.5. The van der Waals surface area contributed by atoms with Gasteiger partial charge in [-0.05, 0) is 80.2 Å². The number of amides is 6. The molecule has 5 atom stereocenters. The Hall–Kier alpha value is -4.16. The van der Waals surface area contributed by atoms with Crippen LogP contribution in [0.2, 0.25) is 0 Å². The van der Waals surface area contributed by atoms with Gasteiger partial charge in [0.25, 0.3) is 5.91 Å². The Kier molecular flexibility index (Phi) is 12.7. The Morgan fingerprint density at radius 2 is 1.51 bits per heavy atom. The fourth-order valence-electron chi connectivity index (χ4n) is 7.03. The Bertz CT molecular complexity index is 1370. The van der Waals surface area contributed by atoms with Crippen molar-refractivity contribution < 1.29 is 33.5 Å². The molecule has 0 bridgehead atoms. The summed E-state index contributed by atoms with van der Waals surface area (Å²) < 4.78 is 5.35. The number of nitrogens with one attached hydrogen (secondary N) is 4. The SMILES string of the molecule is CC(C)NC(=O)OCC(NC(=O)NC(C(=O)N1CCC(C(C)C)C1C(=O)NC(CC1CC1)C(=O)C(N)=O)C1Cc2ccccc2C1)C(C)C. The van der Waals surface area contributed by atoms with Crippen LogP contribution in [0, 0.1) is 29.6 Å². The molecule has 1 aliphatic heterocycles. The molecule has 270 valence electrons. The summed E-state index contributed by atoms with van der Waals surface area (Å²) in [5.74, 6) is -3.14. The monoisotopic (exact) mass is 682 g/mol.